The summed E-state index contributed by atoms with van der Waals surface area (Å²) in [6, 6.07) is 0. The lowest BCUT2D eigenvalue weighted by Gasteiger charge is -2.16. The normalized spacial score (nSPS) is 10.1. The molecule has 0 heterocycles. The van der Waals surface area contributed by atoms with Crippen LogP contribution in [0, 0.1) is 0 Å². The van der Waals surface area contributed by atoms with Crippen molar-refractivity contribution in [3.8, 4) is 0 Å². The first-order valence-electron chi connectivity index (χ1n) is 5.82. The van der Waals surface area contributed by atoms with E-state index in [9.17, 15) is 0 Å². The minimum atomic E-state index is 1.03. The van der Waals surface area contributed by atoms with E-state index in [1.54, 1.807) is 0 Å². The van der Waals surface area contributed by atoms with E-state index in [1.807, 2.05) is 38.9 Å². The van der Waals surface area contributed by atoms with Crippen molar-refractivity contribution in [3.05, 3.63) is 36.6 Å². The van der Waals surface area contributed by atoms with E-state index in [0.717, 1.165) is 17.7 Å². The van der Waals surface area contributed by atoms with Crippen molar-refractivity contribution in [1.29, 1.82) is 0 Å². The first kappa shape index (κ1) is 16.4. The van der Waals surface area contributed by atoms with Crippen LogP contribution in [0.1, 0.15) is 40.0 Å². The van der Waals surface area contributed by atoms with Crippen LogP contribution in [0.25, 0.3) is 0 Å². The number of nitrogens with zero attached hydrogens (tertiary/aromatic N) is 1. The van der Waals surface area contributed by atoms with Gasteiger partial charge in [-0.25, -0.2) is 0 Å². The van der Waals surface area contributed by atoms with E-state index < -0.39 is 0 Å². The van der Waals surface area contributed by atoms with Gasteiger partial charge in [0, 0.05) is 19.8 Å². The van der Waals surface area contributed by atoms with Gasteiger partial charge in [0.2, 0.25) is 0 Å². The minimum absolute atomic E-state index is 1.03. The zero-order valence-corrected chi connectivity index (χ0v) is 11.1. The third-order valence-electron chi connectivity index (χ3n) is 2.01. The molecular weight excluding hydrogens is 182 g/mol. The van der Waals surface area contributed by atoms with Crippen molar-refractivity contribution in [1.82, 2.24) is 4.90 Å². The maximum Gasteiger partial charge on any atom is 0.0358 e. The van der Waals surface area contributed by atoms with E-state index in [2.05, 4.69) is 26.2 Å². The molecule has 15 heavy (non-hydrogen) atoms. The molecule has 0 rings (SSSR count). The summed E-state index contributed by atoms with van der Waals surface area (Å²) in [7, 11) is 4.00. The second-order valence-corrected chi connectivity index (χ2v) is 3.35. The van der Waals surface area contributed by atoms with Gasteiger partial charge in [-0.15, -0.1) is 0 Å². The molecule has 0 saturated carbocycles. The van der Waals surface area contributed by atoms with Gasteiger partial charge in [-0.2, -0.15) is 0 Å². The molecule has 0 aromatic rings. The van der Waals surface area contributed by atoms with Crippen LogP contribution in [-0.4, -0.2) is 19.0 Å². The van der Waals surface area contributed by atoms with Crippen LogP contribution in [0.4, 0.5) is 0 Å². The molecule has 0 unspecified atom stereocenters. The molecule has 0 aromatic carbocycles. The van der Waals surface area contributed by atoms with Crippen LogP contribution in [0.15, 0.2) is 36.6 Å². The molecule has 88 valence electrons. The molecule has 0 N–H and O–H groups in total. The summed E-state index contributed by atoms with van der Waals surface area (Å²) in [6.07, 6.45) is 7.66. The summed E-state index contributed by atoms with van der Waals surface area (Å²) in [6.45, 7) is 14.0. The molecule has 0 fully saturated rings. The maximum atomic E-state index is 3.99. The van der Waals surface area contributed by atoms with E-state index in [4.69, 9.17) is 0 Å². The lowest BCUT2D eigenvalue weighted by molar-refractivity contribution is 0.526. The highest BCUT2D eigenvalue weighted by Crippen LogP contribution is 2.12. The van der Waals surface area contributed by atoms with Gasteiger partial charge in [0.15, 0.2) is 0 Å². The van der Waals surface area contributed by atoms with Gasteiger partial charge in [0.1, 0.15) is 0 Å². The van der Waals surface area contributed by atoms with E-state index in [-0.39, 0.29) is 0 Å². The van der Waals surface area contributed by atoms with Gasteiger partial charge in [-0.3, -0.25) is 0 Å². The van der Waals surface area contributed by atoms with E-state index in [1.165, 1.54) is 12.8 Å². The average Bonchev–Trinajstić information content (AvgIpc) is 2.26. The molecular formula is C14H27N. The Morgan fingerprint density at radius 3 is 2.13 bits per heavy atom. The molecule has 1 heteroatoms. The summed E-state index contributed by atoms with van der Waals surface area (Å²) in [5.74, 6) is 0. The number of rotatable bonds is 6. The van der Waals surface area contributed by atoms with Gasteiger partial charge in [-0.1, -0.05) is 58.9 Å². The smallest absolute Gasteiger partial charge is 0.0358 e. The Kier molecular flexibility index (Phi) is 12.2. The fourth-order valence-corrected chi connectivity index (χ4v) is 1.04. The highest BCUT2D eigenvalue weighted by molar-refractivity contribution is 5.35. The van der Waals surface area contributed by atoms with Gasteiger partial charge in [0.25, 0.3) is 0 Å². The van der Waals surface area contributed by atoms with Crippen LogP contribution >= 0.6 is 0 Å². The van der Waals surface area contributed by atoms with Crippen molar-refractivity contribution in [2.45, 2.75) is 40.0 Å². The Hall–Kier alpha value is -0.980. The Morgan fingerprint density at radius 2 is 1.80 bits per heavy atom. The van der Waals surface area contributed by atoms with Crippen molar-refractivity contribution < 1.29 is 0 Å². The first-order valence-corrected chi connectivity index (χ1v) is 5.82. The molecule has 0 bridgehead atoms. The molecule has 0 aliphatic carbocycles. The minimum Gasteiger partial charge on any atom is -0.378 e. The van der Waals surface area contributed by atoms with Crippen LogP contribution < -0.4 is 0 Å². The third kappa shape index (κ3) is 8.04. The Bertz CT molecular complexity index is 199. The second kappa shape index (κ2) is 11.1. The monoisotopic (exact) mass is 209 g/mol. The maximum absolute atomic E-state index is 3.99. The van der Waals surface area contributed by atoms with Crippen molar-refractivity contribution in [2.24, 2.45) is 0 Å². The summed E-state index contributed by atoms with van der Waals surface area (Å²) in [4.78, 5) is 2.01. The number of likely N-dealkylation sites (N-methyl/N-ethyl adjacent to an activating group) is 1. The predicted molar refractivity (Wildman–Crippen MR) is 72.0 cm³/mol. The van der Waals surface area contributed by atoms with Gasteiger partial charge in [-0.05, 0) is 12.0 Å². The average molecular weight is 209 g/mol. The Labute approximate surface area is 96.2 Å². The van der Waals surface area contributed by atoms with Crippen LogP contribution in [0.3, 0.4) is 0 Å². The molecule has 0 aromatic heterocycles. The van der Waals surface area contributed by atoms with Crippen molar-refractivity contribution in [2.75, 3.05) is 14.1 Å². The highest BCUT2D eigenvalue weighted by atomic mass is 15.1. The molecule has 0 radical (unpaired) electrons. The van der Waals surface area contributed by atoms with Gasteiger partial charge >= 0.3 is 0 Å². The fraction of sp³-hybridized carbons (Fsp3) is 0.571. The SMILES string of the molecule is C=C/C(=C/CCCC)C(=C)N(C)C.CC. The molecule has 0 aliphatic heterocycles. The summed E-state index contributed by atoms with van der Waals surface area (Å²) >= 11 is 0. The van der Waals surface area contributed by atoms with Crippen LogP contribution in [-0.2, 0) is 0 Å². The molecule has 0 aliphatic rings. The topological polar surface area (TPSA) is 3.24 Å². The van der Waals surface area contributed by atoms with Crippen LogP contribution in [0.5, 0.6) is 0 Å². The lowest BCUT2D eigenvalue weighted by Crippen LogP contribution is -2.10. The standard InChI is InChI=1S/C12H21N.C2H6/c1-6-8-9-10-12(7-2)11(3)13(4)5;1-2/h7,10H,2-3,6,8-9H2,1,4-5H3;1-2H3/b12-10-;. The first-order chi connectivity index (χ1) is 7.13. The predicted octanol–water partition coefficient (Wildman–Crippen LogP) is 4.39. The zero-order chi connectivity index (χ0) is 12.3. The quantitative estimate of drug-likeness (QED) is 0.463. The van der Waals surface area contributed by atoms with Crippen molar-refractivity contribution >= 4 is 0 Å². The summed E-state index contributed by atoms with van der Waals surface area (Å²) < 4.78 is 0. The molecule has 1 nitrogen and oxygen atoms in total. The lowest BCUT2D eigenvalue weighted by atomic mass is 10.1. The summed E-state index contributed by atoms with van der Waals surface area (Å²) in [5.41, 5.74) is 2.18. The fourth-order valence-electron chi connectivity index (χ4n) is 1.04. The van der Waals surface area contributed by atoms with Crippen LogP contribution in [0.2, 0.25) is 0 Å². The molecule has 0 saturated heterocycles. The number of allylic oxidation sites excluding steroid dienone is 2. The number of hydrogen-bond donors (Lipinski definition) is 0. The second-order valence-electron chi connectivity index (χ2n) is 3.35. The largest absolute Gasteiger partial charge is 0.378 e. The Balaban J connectivity index is 0. The highest BCUT2D eigenvalue weighted by Gasteiger charge is 1.99. The van der Waals surface area contributed by atoms with Crippen molar-refractivity contribution in [3.63, 3.8) is 0 Å². The van der Waals surface area contributed by atoms with E-state index in [0.29, 0.717) is 0 Å². The number of unbranched alkanes of at least 4 members (excludes halogenated alkanes) is 2. The summed E-state index contributed by atoms with van der Waals surface area (Å²) in [5, 5.41) is 0. The zero-order valence-electron chi connectivity index (χ0n) is 11.1. The Morgan fingerprint density at radius 1 is 1.27 bits per heavy atom. The van der Waals surface area contributed by atoms with Gasteiger partial charge < -0.3 is 4.90 Å². The third-order valence-corrected chi connectivity index (χ3v) is 2.01. The van der Waals surface area contributed by atoms with E-state index >= 15 is 0 Å². The van der Waals surface area contributed by atoms with Gasteiger partial charge in [0.05, 0.1) is 0 Å². The molecule has 0 spiro atoms. The molecule has 0 atom stereocenters. The number of hydrogen-bond acceptors (Lipinski definition) is 1. The molecule has 0 amide bonds.